The summed E-state index contributed by atoms with van der Waals surface area (Å²) in [5, 5.41) is 27.4. The van der Waals surface area contributed by atoms with Crippen molar-refractivity contribution in [3.8, 4) is 6.07 Å². The largest absolute Gasteiger partial charge is 0.350 e. The highest BCUT2D eigenvalue weighted by Crippen LogP contribution is 2.20. The number of amides is 3. The van der Waals surface area contributed by atoms with Gasteiger partial charge < -0.3 is 29.7 Å². The summed E-state index contributed by atoms with van der Waals surface area (Å²) >= 11 is 0. The lowest BCUT2D eigenvalue weighted by Crippen LogP contribution is -2.25. The highest BCUT2D eigenvalue weighted by atomic mass is 16.6. The molecule has 0 fully saturated rings. The van der Waals surface area contributed by atoms with Crippen LogP contribution in [-0.4, -0.2) is 42.9 Å². The molecule has 0 aliphatic heterocycles. The number of nitrogens with zero attached hydrogens (tertiary/aromatic N) is 5. The van der Waals surface area contributed by atoms with Gasteiger partial charge in [0.05, 0.1) is 35.0 Å². The van der Waals surface area contributed by atoms with Crippen LogP contribution in [0.4, 0.5) is 17.1 Å². The third-order valence-electron chi connectivity index (χ3n) is 4.95. The first-order valence-corrected chi connectivity index (χ1v) is 10.0. The Morgan fingerprint density at radius 3 is 1.82 bits per heavy atom. The molecule has 0 spiro atoms. The molecule has 176 valence electrons. The lowest BCUT2D eigenvalue weighted by Gasteiger charge is -2.03. The number of anilines is 2. The van der Waals surface area contributed by atoms with Crippen LogP contribution in [0.1, 0.15) is 37.9 Å². The second-order valence-corrected chi connectivity index (χ2v) is 7.47. The van der Waals surface area contributed by atoms with Gasteiger partial charge in [-0.2, -0.15) is 5.26 Å². The fraction of sp³-hybridized carbons (Fsp3) is 0.238. The molecule has 3 heterocycles. The summed E-state index contributed by atoms with van der Waals surface area (Å²) < 4.78 is 4.40. The number of aryl methyl sites for hydroxylation is 3. The minimum atomic E-state index is -0.591. The molecule has 0 saturated carbocycles. The van der Waals surface area contributed by atoms with Crippen LogP contribution in [0.2, 0.25) is 0 Å². The highest BCUT2D eigenvalue weighted by Gasteiger charge is 2.20. The Balaban J connectivity index is 1.70. The van der Waals surface area contributed by atoms with Gasteiger partial charge in [0, 0.05) is 46.1 Å². The molecule has 0 atom stereocenters. The topological polar surface area (TPSA) is 169 Å². The van der Waals surface area contributed by atoms with Crippen LogP contribution in [0.3, 0.4) is 0 Å². The first-order valence-electron chi connectivity index (χ1n) is 10.0. The van der Waals surface area contributed by atoms with Gasteiger partial charge in [0.15, 0.2) is 0 Å². The zero-order valence-corrected chi connectivity index (χ0v) is 18.7. The predicted octanol–water partition coefficient (Wildman–Crippen LogP) is 1.76. The molecular formula is C21H22N8O5. The molecule has 0 saturated heterocycles. The Bertz CT molecular complexity index is 1320. The molecule has 3 amide bonds. The lowest BCUT2D eigenvalue weighted by atomic mass is 10.3. The molecule has 3 N–H and O–H groups in total. The molecule has 3 rings (SSSR count). The van der Waals surface area contributed by atoms with Gasteiger partial charge in [0.25, 0.3) is 23.4 Å². The molecule has 13 nitrogen and oxygen atoms in total. The maximum Gasteiger partial charge on any atom is 0.287 e. The molecule has 0 radical (unpaired) electrons. The molecule has 3 aromatic heterocycles. The standard InChI is InChI=1S/C21H22N8O5/c1-26-10-13(7-16(26)19(30)23-6-4-5-22)24-20(31)17-8-14(11-27(17)2)25-21(32)18-9-15(29(33)34)12-28(18)3/h7-12H,4,6H2,1-3H3,(H,23,30)(H,24,31)(H,25,32). The lowest BCUT2D eigenvalue weighted by molar-refractivity contribution is -0.384. The summed E-state index contributed by atoms with van der Waals surface area (Å²) in [7, 11) is 4.79. The molecule has 3 aromatic rings. The smallest absolute Gasteiger partial charge is 0.287 e. The van der Waals surface area contributed by atoms with Crippen LogP contribution >= 0.6 is 0 Å². The monoisotopic (exact) mass is 466 g/mol. The molecule has 0 aliphatic rings. The molecule has 0 unspecified atom stereocenters. The number of carbonyl (C=O) groups is 3. The van der Waals surface area contributed by atoms with E-state index in [4.69, 9.17) is 5.26 Å². The van der Waals surface area contributed by atoms with E-state index < -0.39 is 16.7 Å². The SMILES string of the molecule is Cn1cc(NC(=O)c2cc(NC(=O)c3cc([N+](=O)[O-])cn3C)cn2C)cc1C(=O)NCCC#N. The van der Waals surface area contributed by atoms with Crippen LogP contribution in [0.25, 0.3) is 0 Å². The quantitative estimate of drug-likeness (QED) is 0.259. The summed E-state index contributed by atoms with van der Waals surface area (Å²) in [6.07, 6.45) is 4.53. The molecule has 0 aromatic carbocycles. The van der Waals surface area contributed by atoms with Crippen molar-refractivity contribution < 1.29 is 19.3 Å². The summed E-state index contributed by atoms with van der Waals surface area (Å²) in [5.74, 6) is -1.41. The molecule has 0 aliphatic carbocycles. The van der Waals surface area contributed by atoms with Crippen molar-refractivity contribution in [3.05, 3.63) is 64.0 Å². The number of nitro groups is 1. The average Bonchev–Trinajstić information content (AvgIpc) is 3.44. The zero-order chi connectivity index (χ0) is 25.0. The summed E-state index contributed by atoms with van der Waals surface area (Å²) in [6, 6.07) is 6.07. The third kappa shape index (κ3) is 5.13. The van der Waals surface area contributed by atoms with E-state index in [1.54, 1.807) is 24.9 Å². The van der Waals surface area contributed by atoms with Gasteiger partial charge in [-0.05, 0) is 12.1 Å². The Morgan fingerprint density at radius 2 is 1.35 bits per heavy atom. The van der Waals surface area contributed by atoms with Crippen molar-refractivity contribution in [2.75, 3.05) is 17.2 Å². The summed E-state index contributed by atoms with van der Waals surface area (Å²) in [4.78, 5) is 47.8. The number of aromatic nitrogens is 3. The predicted molar refractivity (Wildman–Crippen MR) is 121 cm³/mol. The number of nitriles is 1. The van der Waals surface area contributed by atoms with E-state index in [1.807, 2.05) is 6.07 Å². The number of nitrogens with one attached hydrogen (secondary N) is 3. The van der Waals surface area contributed by atoms with E-state index >= 15 is 0 Å². The zero-order valence-electron chi connectivity index (χ0n) is 18.7. The van der Waals surface area contributed by atoms with Crippen molar-refractivity contribution >= 4 is 34.8 Å². The van der Waals surface area contributed by atoms with Crippen molar-refractivity contribution in [3.63, 3.8) is 0 Å². The fourth-order valence-electron chi connectivity index (χ4n) is 3.30. The van der Waals surface area contributed by atoms with E-state index in [2.05, 4.69) is 16.0 Å². The van der Waals surface area contributed by atoms with Crippen LogP contribution in [0, 0.1) is 21.4 Å². The number of hydrogen-bond donors (Lipinski definition) is 3. The Hall–Kier alpha value is -4.86. The molecule has 0 bridgehead atoms. The first-order chi connectivity index (χ1) is 16.1. The van der Waals surface area contributed by atoms with E-state index in [-0.39, 0.29) is 35.9 Å². The molecular weight excluding hydrogens is 444 g/mol. The van der Waals surface area contributed by atoms with Gasteiger partial charge in [-0.25, -0.2) is 0 Å². The van der Waals surface area contributed by atoms with Crippen molar-refractivity contribution in [2.45, 2.75) is 6.42 Å². The minimum absolute atomic E-state index is 0.0893. The van der Waals surface area contributed by atoms with Gasteiger partial charge in [-0.15, -0.1) is 0 Å². The van der Waals surface area contributed by atoms with Crippen LogP contribution in [0.5, 0.6) is 0 Å². The van der Waals surface area contributed by atoms with E-state index in [0.29, 0.717) is 17.1 Å². The normalized spacial score (nSPS) is 10.4. The van der Waals surface area contributed by atoms with E-state index in [1.165, 1.54) is 40.7 Å². The molecule has 13 heteroatoms. The Labute approximate surface area is 193 Å². The maximum atomic E-state index is 12.8. The highest BCUT2D eigenvalue weighted by molar-refractivity contribution is 6.07. The maximum absolute atomic E-state index is 12.8. The van der Waals surface area contributed by atoms with E-state index in [9.17, 15) is 24.5 Å². The van der Waals surface area contributed by atoms with Crippen molar-refractivity contribution in [2.24, 2.45) is 21.1 Å². The summed E-state index contributed by atoms with van der Waals surface area (Å²) in [6.45, 7) is 0.218. The number of carbonyl (C=O) groups excluding carboxylic acids is 3. The van der Waals surface area contributed by atoms with Crippen molar-refractivity contribution in [1.29, 1.82) is 5.26 Å². The van der Waals surface area contributed by atoms with Crippen LogP contribution < -0.4 is 16.0 Å². The second kappa shape index (κ2) is 9.74. The molecule has 34 heavy (non-hydrogen) atoms. The number of rotatable bonds is 8. The van der Waals surface area contributed by atoms with Gasteiger partial charge in [-0.1, -0.05) is 0 Å². The van der Waals surface area contributed by atoms with Gasteiger partial charge in [0.2, 0.25) is 0 Å². The van der Waals surface area contributed by atoms with Crippen LogP contribution in [-0.2, 0) is 21.1 Å². The second-order valence-electron chi connectivity index (χ2n) is 7.47. The number of hydrogen-bond acceptors (Lipinski definition) is 6. The third-order valence-corrected chi connectivity index (χ3v) is 4.95. The first kappa shape index (κ1) is 23.8. The Morgan fingerprint density at radius 1 is 0.882 bits per heavy atom. The minimum Gasteiger partial charge on any atom is -0.350 e. The van der Waals surface area contributed by atoms with E-state index in [0.717, 1.165) is 6.07 Å². The fourth-order valence-corrected chi connectivity index (χ4v) is 3.30. The van der Waals surface area contributed by atoms with Crippen molar-refractivity contribution in [1.82, 2.24) is 19.0 Å². The Kier molecular flexibility index (Phi) is 6.81. The van der Waals surface area contributed by atoms with Crippen LogP contribution in [0.15, 0.2) is 36.8 Å². The average molecular weight is 466 g/mol. The van der Waals surface area contributed by atoms with Gasteiger partial charge in [0.1, 0.15) is 17.1 Å². The van der Waals surface area contributed by atoms with Gasteiger partial charge in [-0.3, -0.25) is 24.5 Å². The van der Waals surface area contributed by atoms with Gasteiger partial charge >= 0.3 is 0 Å². The summed E-state index contributed by atoms with van der Waals surface area (Å²) in [5.41, 5.74) is 1.14.